The van der Waals surface area contributed by atoms with Crippen LogP contribution in [0.25, 0.3) is 10.2 Å². The molecule has 4 rings (SSSR count). The molecule has 1 aliphatic rings. The monoisotopic (exact) mass is 396 g/mol. The average Bonchev–Trinajstić information content (AvgIpc) is 3.13. The van der Waals surface area contributed by atoms with Crippen molar-refractivity contribution in [3.8, 4) is 5.75 Å². The minimum Gasteiger partial charge on any atom is -0.494 e. The standard InChI is InChI=1S/C22H24N2O3S/c1-2-27-17-9-7-15(8-10-17)20(24-13-11-16(12-14-24)22(25)26)21-23-18-5-3-4-6-19(18)28-21/h3-10,16,20H,2,11-14H2,1H3,(H,25,26). The van der Waals surface area contributed by atoms with Gasteiger partial charge in [-0.25, -0.2) is 4.98 Å². The van der Waals surface area contributed by atoms with Gasteiger partial charge in [0, 0.05) is 0 Å². The molecule has 28 heavy (non-hydrogen) atoms. The number of para-hydroxylation sites is 1. The number of hydrogen-bond acceptors (Lipinski definition) is 5. The average molecular weight is 397 g/mol. The molecular weight excluding hydrogens is 372 g/mol. The lowest BCUT2D eigenvalue weighted by atomic mass is 9.94. The summed E-state index contributed by atoms with van der Waals surface area (Å²) in [5, 5.41) is 10.4. The fraction of sp³-hybridized carbons (Fsp3) is 0.364. The maximum absolute atomic E-state index is 11.3. The molecule has 0 saturated carbocycles. The van der Waals surface area contributed by atoms with E-state index in [4.69, 9.17) is 9.72 Å². The number of fused-ring (bicyclic) bond motifs is 1. The van der Waals surface area contributed by atoms with Gasteiger partial charge >= 0.3 is 5.97 Å². The van der Waals surface area contributed by atoms with Crippen molar-refractivity contribution in [2.45, 2.75) is 25.8 Å². The molecule has 1 aliphatic heterocycles. The Morgan fingerprint density at radius 3 is 2.57 bits per heavy atom. The molecule has 6 heteroatoms. The first kappa shape index (κ1) is 18.9. The number of carboxylic acid groups (broad SMARTS) is 1. The van der Waals surface area contributed by atoms with E-state index in [2.05, 4.69) is 23.1 Å². The number of aliphatic carboxylic acids is 1. The third-order valence-electron chi connectivity index (χ3n) is 5.30. The molecule has 0 amide bonds. The second-order valence-electron chi connectivity index (χ2n) is 7.07. The smallest absolute Gasteiger partial charge is 0.306 e. The number of carbonyl (C=O) groups is 1. The maximum atomic E-state index is 11.3. The number of carboxylic acids is 1. The van der Waals surface area contributed by atoms with Crippen LogP contribution >= 0.6 is 11.3 Å². The van der Waals surface area contributed by atoms with E-state index in [0.717, 1.165) is 34.9 Å². The lowest BCUT2D eigenvalue weighted by Gasteiger charge is -2.35. The summed E-state index contributed by atoms with van der Waals surface area (Å²) in [7, 11) is 0. The van der Waals surface area contributed by atoms with Gasteiger partial charge < -0.3 is 9.84 Å². The van der Waals surface area contributed by atoms with E-state index in [0.29, 0.717) is 19.4 Å². The van der Waals surface area contributed by atoms with Gasteiger partial charge in [0.25, 0.3) is 0 Å². The highest BCUT2D eigenvalue weighted by Crippen LogP contribution is 2.37. The predicted octanol–water partition coefficient (Wildman–Crippen LogP) is 4.58. The Labute approximate surface area is 168 Å². The lowest BCUT2D eigenvalue weighted by Crippen LogP contribution is -2.39. The van der Waals surface area contributed by atoms with Crippen molar-refractivity contribution in [2.75, 3.05) is 19.7 Å². The predicted molar refractivity (Wildman–Crippen MR) is 111 cm³/mol. The van der Waals surface area contributed by atoms with E-state index in [9.17, 15) is 9.90 Å². The van der Waals surface area contributed by atoms with Gasteiger partial charge in [0.15, 0.2) is 0 Å². The van der Waals surface area contributed by atoms with Gasteiger partial charge in [0.2, 0.25) is 0 Å². The van der Waals surface area contributed by atoms with E-state index in [1.807, 2.05) is 37.3 Å². The Hall–Kier alpha value is -2.44. The SMILES string of the molecule is CCOc1ccc(C(c2nc3ccccc3s2)N2CCC(C(=O)O)CC2)cc1. The van der Waals surface area contributed by atoms with Crippen molar-refractivity contribution in [3.05, 3.63) is 59.1 Å². The molecule has 0 spiro atoms. The maximum Gasteiger partial charge on any atom is 0.306 e. The van der Waals surface area contributed by atoms with Crippen LogP contribution in [0.4, 0.5) is 0 Å². The normalized spacial score (nSPS) is 16.9. The molecule has 1 N–H and O–H groups in total. The van der Waals surface area contributed by atoms with Crippen LogP contribution < -0.4 is 4.74 Å². The summed E-state index contributed by atoms with van der Waals surface area (Å²) >= 11 is 1.72. The largest absolute Gasteiger partial charge is 0.494 e. The Bertz CT molecular complexity index is 913. The van der Waals surface area contributed by atoms with Crippen LogP contribution in [0.3, 0.4) is 0 Å². The first-order valence-electron chi connectivity index (χ1n) is 9.70. The van der Waals surface area contributed by atoms with E-state index in [-0.39, 0.29) is 12.0 Å². The van der Waals surface area contributed by atoms with Gasteiger partial charge in [-0.05, 0) is 62.7 Å². The summed E-state index contributed by atoms with van der Waals surface area (Å²) < 4.78 is 6.76. The molecule has 3 aromatic rings. The van der Waals surface area contributed by atoms with Crippen LogP contribution in [0.5, 0.6) is 5.75 Å². The van der Waals surface area contributed by atoms with Gasteiger partial charge in [-0.2, -0.15) is 0 Å². The van der Waals surface area contributed by atoms with Crippen LogP contribution in [-0.4, -0.2) is 40.7 Å². The molecule has 0 radical (unpaired) electrons. The summed E-state index contributed by atoms with van der Waals surface area (Å²) in [6.07, 6.45) is 1.35. The molecule has 1 aromatic heterocycles. The Morgan fingerprint density at radius 1 is 1.21 bits per heavy atom. The second-order valence-corrected chi connectivity index (χ2v) is 8.14. The highest BCUT2D eigenvalue weighted by atomic mass is 32.1. The molecule has 0 aliphatic carbocycles. The first-order chi connectivity index (χ1) is 13.7. The topological polar surface area (TPSA) is 62.7 Å². The molecule has 2 aromatic carbocycles. The third-order valence-corrected chi connectivity index (χ3v) is 6.38. The molecule has 146 valence electrons. The number of aromatic nitrogens is 1. The molecular formula is C22H24N2O3S. The van der Waals surface area contributed by atoms with Crippen molar-refractivity contribution in [1.29, 1.82) is 0 Å². The summed E-state index contributed by atoms with van der Waals surface area (Å²) in [4.78, 5) is 18.6. The quantitative estimate of drug-likeness (QED) is 0.661. The van der Waals surface area contributed by atoms with Crippen molar-refractivity contribution < 1.29 is 14.6 Å². The first-order valence-corrected chi connectivity index (χ1v) is 10.5. The van der Waals surface area contributed by atoms with Crippen LogP contribution in [0.2, 0.25) is 0 Å². The van der Waals surface area contributed by atoms with Gasteiger partial charge in [0.05, 0.1) is 28.8 Å². The number of benzene rings is 2. The Balaban J connectivity index is 1.67. The number of hydrogen-bond donors (Lipinski definition) is 1. The molecule has 1 unspecified atom stereocenters. The van der Waals surface area contributed by atoms with Crippen molar-refractivity contribution >= 4 is 27.5 Å². The molecule has 1 atom stereocenters. The zero-order valence-electron chi connectivity index (χ0n) is 15.9. The number of likely N-dealkylation sites (tertiary alicyclic amines) is 1. The highest BCUT2D eigenvalue weighted by Gasteiger charge is 2.31. The second kappa shape index (κ2) is 8.29. The van der Waals surface area contributed by atoms with Crippen LogP contribution in [0.1, 0.15) is 36.4 Å². The van der Waals surface area contributed by atoms with Crippen molar-refractivity contribution in [3.63, 3.8) is 0 Å². The minimum atomic E-state index is -0.683. The minimum absolute atomic E-state index is 0.0304. The van der Waals surface area contributed by atoms with Crippen molar-refractivity contribution in [1.82, 2.24) is 9.88 Å². The summed E-state index contributed by atoms with van der Waals surface area (Å²) in [5.74, 6) is -0.0660. The van der Waals surface area contributed by atoms with E-state index >= 15 is 0 Å². The summed E-state index contributed by atoms with van der Waals surface area (Å²) in [5.41, 5.74) is 2.18. The number of thiazole rings is 1. The number of ether oxygens (including phenoxy) is 1. The van der Waals surface area contributed by atoms with E-state index in [1.54, 1.807) is 11.3 Å². The molecule has 1 saturated heterocycles. The van der Waals surface area contributed by atoms with E-state index < -0.39 is 5.97 Å². The van der Waals surface area contributed by atoms with Gasteiger partial charge in [-0.15, -0.1) is 11.3 Å². The van der Waals surface area contributed by atoms with Gasteiger partial charge in [-0.3, -0.25) is 9.69 Å². The summed E-state index contributed by atoms with van der Waals surface area (Å²) in [6, 6.07) is 16.4. The van der Waals surface area contributed by atoms with Crippen LogP contribution in [0.15, 0.2) is 48.5 Å². The van der Waals surface area contributed by atoms with Gasteiger partial charge in [-0.1, -0.05) is 24.3 Å². The highest BCUT2D eigenvalue weighted by molar-refractivity contribution is 7.18. The number of rotatable bonds is 6. The molecule has 0 bridgehead atoms. The van der Waals surface area contributed by atoms with Crippen molar-refractivity contribution in [2.24, 2.45) is 5.92 Å². The molecule has 2 heterocycles. The number of nitrogens with zero attached hydrogens (tertiary/aromatic N) is 2. The van der Waals surface area contributed by atoms with Crippen LogP contribution in [-0.2, 0) is 4.79 Å². The Kier molecular flexibility index (Phi) is 5.59. The molecule has 1 fully saturated rings. The Morgan fingerprint density at radius 2 is 1.93 bits per heavy atom. The van der Waals surface area contributed by atoms with E-state index in [1.165, 1.54) is 4.70 Å². The fourth-order valence-electron chi connectivity index (χ4n) is 3.83. The number of piperidine rings is 1. The summed E-state index contributed by atoms with van der Waals surface area (Å²) in [6.45, 7) is 4.13. The zero-order valence-corrected chi connectivity index (χ0v) is 16.7. The fourth-order valence-corrected chi connectivity index (χ4v) is 4.97. The lowest BCUT2D eigenvalue weighted by molar-refractivity contribution is -0.143. The molecule has 5 nitrogen and oxygen atoms in total. The van der Waals surface area contributed by atoms with Crippen LogP contribution in [0, 0.1) is 5.92 Å². The zero-order chi connectivity index (χ0) is 19.5. The third kappa shape index (κ3) is 3.88. The van der Waals surface area contributed by atoms with Gasteiger partial charge in [0.1, 0.15) is 10.8 Å².